The number of hydrogen-bond acceptors (Lipinski definition) is 15. The predicted molar refractivity (Wildman–Crippen MR) is 235 cm³/mol. The SMILES string of the molecule is COc1ccc(C(OC[C@H]2O[C@@H](n3cc(C)c(=O)[nH]c3=O)C[C@@H]2OP(=S)(OC)OC[C@H]2O[C@@H](n3cc(C)c(=O)[nH]c3=O)C[C@@H]2OC(C)=O)(c2ccccc2)c2ccc(OC)cc2)cc1. The number of aromatic nitrogens is 4. The van der Waals surface area contributed by atoms with E-state index in [2.05, 4.69) is 9.97 Å². The van der Waals surface area contributed by atoms with Crippen molar-refractivity contribution in [2.24, 2.45) is 0 Å². The first-order valence-corrected chi connectivity index (χ1v) is 22.8. The molecule has 2 saturated heterocycles. The van der Waals surface area contributed by atoms with Crippen LogP contribution in [0.25, 0.3) is 0 Å². The van der Waals surface area contributed by atoms with Gasteiger partial charge in [0.2, 0.25) is 0 Å². The Bertz CT molecular complexity index is 2680. The van der Waals surface area contributed by atoms with Crippen molar-refractivity contribution in [2.45, 2.75) is 76.1 Å². The van der Waals surface area contributed by atoms with Crippen LogP contribution in [-0.2, 0) is 54.7 Å². The van der Waals surface area contributed by atoms with E-state index in [0.29, 0.717) is 11.5 Å². The van der Waals surface area contributed by atoms with E-state index in [9.17, 15) is 24.0 Å². The molecule has 2 aliphatic rings. The number of carbonyl (C=O) groups is 1. The van der Waals surface area contributed by atoms with Gasteiger partial charge in [0.25, 0.3) is 11.1 Å². The third-order valence-electron chi connectivity index (χ3n) is 11.1. The lowest BCUT2D eigenvalue weighted by molar-refractivity contribution is -0.150. The molecule has 7 atom stereocenters. The summed E-state index contributed by atoms with van der Waals surface area (Å²) in [5.74, 6) is 0.689. The first kappa shape index (κ1) is 46.5. The zero-order valence-corrected chi connectivity index (χ0v) is 37.6. The number of ether oxygens (including phenoxy) is 6. The third-order valence-corrected chi connectivity index (χ3v) is 13.6. The van der Waals surface area contributed by atoms with Crippen molar-refractivity contribution in [3.05, 3.63) is 161 Å². The van der Waals surface area contributed by atoms with Gasteiger partial charge in [-0.05, 0) is 66.6 Å². The monoisotopic (exact) mass is 920 g/mol. The lowest BCUT2D eigenvalue weighted by atomic mass is 9.80. The summed E-state index contributed by atoms with van der Waals surface area (Å²) in [4.78, 5) is 67.2. The molecule has 4 heterocycles. The standard InChI is InChI=1S/C44H49N4O14PS/c1-26-22-47(42(52)45-40(26)50)38-20-34(59-28(3)49)37(61-38)25-58-63(64,56-6)62-35-21-39(48-23-27(2)41(51)46-43(48)53)60-36(35)24-57-44(29-10-8-7-9-11-29,30-12-16-32(54-4)17-13-30)31-14-18-33(55-5)19-15-31/h7-19,22-23,34-39H,20-21,24-25H2,1-6H3,(H,45,50,52)(H,46,51,53)/t34-,35-,36+,37+,38+,39+,63?/m0/s1. The number of nitrogens with one attached hydrogen (secondary N) is 2. The van der Waals surface area contributed by atoms with Gasteiger partial charge in [-0.15, -0.1) is 0 Å². The van der Waals surface area contributed by atoms with E-state index in [1.807, 2.05) is 78.9 Å². The highest BCUT2D eigenvalue weighted by molar-refractivity contribution is 8.07. The fourth-order valence-electron chi connectivity index (χ4n) is 7.83. The average Bonchev–Trinajstić information content (AvgIpc) is 3.88. The molecule has 18 nitrogen and oxygen atoms in total. The Morgan fingerprint density at radius 3 is 1.66 bits per heavy atom. The van der Waals surface area contributed by atoms with Crippen LogP contribution in [-0.4, -0.2) is 84.0 Å². The summed E-state index contributed by atoms with van der Waals surface area (Å²) < 4.78 is 57.6. The minimum Gasteiger partial charge on any atom is -0.497 e. The number of carbonyl (C=O) groups excluding carboxylic acids is 1. The lowest BCUT2D eigenvalue weighted by Gasteiger charge is -2.37. The molecule has 0 saturated carbocycles. The van der Waals surface area contributed by atoms with Crippen LogP contribution in [0.4, 0.5) is 0 Å². The first-order valence-electron chi connectivity index (χ1n) is 20.3. The first-order chi connectivity index (χ1) is 30.7. The molecule has 2 aliphatic heterocycles. The zero-order chi connectivity index (χ0) is 45.8. The smallest absolute Gasteiger partial charge is 0.330 e. The molecule has 5 aromatic rings. The second-order valence-corrected chi connectivity index (χ2v) is 18.3. The van der Waals surface area contributed by atoms with Crippen LogP contribution >= 0.6 is 6.72 Å². The molecule has 0 radical (unpaired) electrons. The van der Waals surface area contributed by atoms with Gasteiger partial charge in [-0.25, -0.2) is 9.59 Å². The number of methoxy groups -OCH3 is 2. The van der Waals surface area contributed by atoms with E-state index < -0.39 is 77.7 Å². The largest absolute Gasteiger partial charge is 0.497 e. The minimum atomic E-state index is -3.73. The summed E-state index contributed by atoms with van der Waals surface area (Å²) in [6, 6.07) is 24.6. The average molecular weight is 921 g/mol. The van der Waals surface area contributed by atoms with Gasteiger partial charge in [-0.3, -0.25) is 33.5 Å². The number of esters is 1. The molecule has 340 valence electrons. The number of H-pyrrole nitrogens is 2. The van der Waals surface area contributed by atoms with Gasteiger partial charge in [0.05, 0.1) is 33.5 Å². The van der Waals surface area contributed by atoms with Crippen LogP contribution in [0.3, 0.4) is 0 Å². The van der Waals surface area contributed by atoms with Crippen molar-refractivity contribution in [2.75, 3.05) is 34.5 Å². The second kappa shape index (κ2) is 19.7. The van der Waals surface area contributed by atoms with Crippen molar-refractivity contribution < 1.29 is 46.8 Å². The molecule has 3 aromatic carbocycles. The van der Waals surface area contributed by atoms with Crippen molar-refractivity contribution in [3.8, 4) is 11.5 Å². The molecule has 0 bridgehead atoms. The number of hydrogen-bond donors (Lipinski definition) is 2. The van der Waals surface area contributed by atoms with E-state index in [0.717, 1.165) is 16.7 Å². The molecule has 7 rings (SSSR count). The Hall–Kier alpha value is -5.50. The Morgan fingerprint density at radius 2 is 1.19 bits per heavy atom. The van der Waals surface area contributed by atoms with Crippen LogP contribution in [0.15, 0.2) is 110 Å². The molecule has 2 aromatic heterocycles. The van der Waals surface area contributed by atoms with Gasteiger partial charge >= 0.3 is 24.1 Å². The van der Waals surface area contributed by atoms with Gasteiger partial charge in [0.15, 0.2) is 0 Å². The molecule has 1 unspecified atom stereocenters. The van der Waals surface area contributed by atoms with E-state index in [1.165, 1.54) is 35.6 Å². The van der Waals surface area contributed by atoms with Gasteiger partial charge in [0, 0.05) is 50.4 Å². The highest BCUT2D eigenvalue weighted by Gasteiger charge is 2.46. The second-order valence-electron chi connectivity index (χ2n) is 15.2. The normalized spacial score (nSPS) is 21.9. The molecule has 20 heteroatoms. The van der Waals surface area contributed by atoms with Crippen molar-refractivity contribution in [3.63, 3.8) is 0 Å². The van der Waals surface area contributed by atoms with E-state index in [-0.39, 0.29) is 37.2 Å². The van der Waals surface area contributed by atoms with Gasteiger partial charge in [0.1, 0.15) is 47.9 Å². The fourth-order valence-corrected chi connectivity index (χ4v) is 9.48. The van der Waals surface area contributed by atoms with E-state index in [1.54, 1.807) is 28.1 Å². The number of rotatable bonds is 17. The summed E-state index contributed by atoms with van der Waals surface area (Å²) in [7, 11) is 4.50. The van der Waals surface area contributed by atoms with Crippen molar-refractivity contribution in [1.29, 1.82) is 0 Å². The topological polar surface area (TPSA) is 210 Å². The molecular formula is C44H49N4O14PS. The summed E-state index contributed by atoms with van der Waals surface area (Å²) in [5.41, 5.74) is -0.880. The van der Waals surface area contributed by atoms with Crippen molar-refractivity contribution in [1.82, 2.24) is 19.1 Å². The molecule has 0 amide bonds. The highest BCUT2D eigenvalue weighted by atomic mass is 32.5. The number of nitrogens with zero attached hydrogens (tertiary/aromatic N) is 2. The summed E-state index contributed by atoms with van der Waals surface area (Å²) in [5, 5.41) is 0. The Kier molecular flexibility index (Phi) is 14.3. The van der Waals surface area contributed by atoms with Crippen molar-refractivity contribution >= 4 is 24.5 Å². The Balaban J connectivity index is 1.22. The Labute approximate surface area is 372 Å². The van der Waals surface area contributed by atoms with Crippen LogP contribution in [0, 0.1) is 13.8 Å². The predicted octanol–water partition coefficient (Wildman–Crippen LogP) is 4.51. The summed E-state index contributed by atoms with van der Waals surface area (Å²) >= 11 is 5.93. The van der Waals surface area contributed by atoms with Gasteiger partial charge < -0.3 is 42.0 Å². The Morgan fingerprint density at radius 1 is 0.719 bits per heavy atom. The quantitative estimate of drug-likeness (QED) is 0.0747. The maximum atomic E-state index is 13.2. The lowest BCUT2D eigenvalue weighted by Crippen LogP contribution is -2.38. The number of aromatic amines is 2. The number of aryl methyl sites for hydroxylation is 2. The van der Waals surface area contributed by atoms with E-state index >= 15 is 0 Å². The van der Waals surface area contributed by atoms with Crippen LogP contribution in [0.2, 0.25) is 0 Å². The van der Waals surface area contributed by atoms with Crippen LogP contribution in [0.5, 0.6) is 11.5 Å². The van der Waals surface area contributed by atoms with Gasteiger partial charge in [-0.1, -0.05) is 54.6 Å². The molecule has 2 fully saturated rings. The van der Waals surface area contributed by atoms with E-state index in [4.69, 9.17) is 53.8 Å². The third kappa shape index (κ3) is 9.91. The highest BCUT2D eigenvalue weighted by Crippen LogP contribution is 2.54. The summed E-state index contributed by atoms with van der Waals surface area (Å²) in [6.07, 6.45) is -2.67. The zero-order valence-electron chi connectivity index (χ0n) is 35.9. The molecular weight excluding hydrogens is 872 g/mol. The molecule has 2 N–H and O–H groups in total. The maximum absolute atomic E-state index is 13.2. The maximum Gasteiger partial charge on any atom is 0.330 e. The molecule has 64 heavy (non-hydrogen) atoms. The molecule has 0 aliphatic carbocycles. The van der Waals surface area contributed by atoms with Crippen LogP contribution < -0.4 is 32.0 Å². The fraction of sp³-hybridized carbons (Fsp3) is 0.386. The number of benzene rings is 3. The minimum absolute atomic E-state index is 0.0422. The molecule has 0 spiro atoms. The summed E-state index contributed by atoms with van der Waals surface area (Å²) in [6.45, 7) is 0.198. The van der Waals surface area contributed by atoms with Gasteiger partial charge in [-0.2, -0.15) is 0 Å². The van der Waals surface area contributed by atoms with Crippen LogP contribution in [0.1, 0.15) is 60.0 Å².